The van der Waals surface area contributed by atoms with Gasteiger partial charge in [0.15, 0.2) is 0 Å². The number of hydrogen-bond donors (Lipinski definition) is 1. The van der Waals surface area contributed by atoms with Gasteiger partial charge in [-0.25, -0.2) is 0 Å². The molecule has 2 heterocycles. The molecule has 0 aliphatic carbocycles. The molecule has 14 heavy (non-hydrogen) atoms. The molecule has 1 saturated heterocycles. The van der Waals surface area contributed by atoms with Crippen LogP contribution in [0.1, 0.15) is 13.3 Å². The van der Waals surface area contributed by atoms with Gasteiger partial charge in [-0.1, -0.05) is 6.92 Å². The van der Waals surface area contributed by atoms with Crippen LogP contribution in [0.4, 0.5) is 5.69 Å². The number of pyridine rings is 1. The van der Waals surface area contributed by atoms with Crippen LogP contribution in [-0.4, -0.2) is 29.8 Å². The molecule has 3 heteroatoms. The number of aliphatic hydroxyl groups excluding tert-OH is 1. The minimum Gasteiger partial charge on any atom is -0.396 e. The van der Waals surface area contributed by atoms with E-state index in [0.717, 1.165) is 19.5 Å². The van der Waals surface area contributed by atoms with Crippen LogP contribution >= 0.6 is 0 Å². The van der Waals surface area contributed by atoms with E-state index in [1.807, 2.05) is 24.5 Å². The summed E-state index contributed by atoms with van der Waals surface area (Å²) in [4.78, 5) is 6.30. The van der Waals surface area contributed by atoms with E-state index in [4.69, 9.17) is 0 Å². The van der Waals surface area contributed by atoms with E-state index in [2.05, 4.69) is 16.8 Å². The van der Waals surface area contributed by atoms with Gasteiger partial charge >= 0.3 is 0 Å². The fourth-order valence-corrected chi connectivity index (χ4v) is 1.93. The van der Waals surface area contributed by atoms with Crippen molar-refractivity contribution in [2.45, 2.75) is 13.3 Å². The van der Waals surface area contributed by atoms with Crippen molar-refractivity contribution in [2.24, 2.45) is 5.41 Å². The van der Waals surface area contributed by atoms with Crippen LogP contribution in [0.25, 0.3) is 0 Å². The Balaban J connectivity index is 2.10. The van der Waals surface area contributed by atoms with Gasteiger partial charge in [-0.15, -0.1) is 0 Å². The van der Waals surface area contributed by atoms with Crippen molar-refractivity contribution >= 4 is 5.69 Å². The molecule has 1 aliphatic rings. The van der Waals surface area contributed by atoms with Crippen LogP contribution in [0.15, 0.2) is 24.5 Å². The lowest BCUT2D eigenvalue weighted by Gasteiger charge is -2.23. The molecular weight excluding hydrogens is 176 g/mol. The van der Waals surface area contributed by atoms with Crippen LogP contribution < -0.4 is 4.90 Å². The van der Waals surface area contributed by atoms with Gasteiger partial charge in [0.2, 0.25) is 0 Å². The molecule has 0 amide bonds. The first-order valence-corrected chi connectivity index (χ1v) is 4.99. The van der Waals surface area contributed by atoms with E-state index in [9.17, 15) is 5.11 Å². The SMILES string of the molecule is CC1(CO)CCN(c2ccncc2)C1. The third kappa shape index (κ3) is 1.73. The molecule has 1 aliphatic heterocycles. The van der Waals surface area contributed by atoms with Gasteiger partial charge in [-0.05, 0) is 18.6 Å². The predicted molar refractivity (Wildman–Crippen MR) is 56.3 cm³/mol. The fourth-order valence-electron chi connectivity index (χ4n) is 1.93. The molecule has 1 aromatic rings. The molecule has 76 valence electrons. The van der Waals surface area contributed by atoms with Crippen molar-refractivity contribution in [3.8, 4) is 0 Å². The number of anilines is 1. The Morgan fingerprint density at radius 3 is 2.79 bits per heavy atom. The van der Waals surface area contributed by atoms with E-state index in [0.29, 0.717) is 0 Å². The zero-order valence-electron chi connectivity index (χ0n) is 8.48. The summed E-state index contributed by atoms with van der Waals surface area (Å²) in [5.74, 6) is 0. The lowest BCUT2D eigenvalue weighted by Crippen LogP contribution is -2.27. The molecule has 1 atom stereocenters. The Labute approximate surface area is 84.4 Å². The van der Waals surface area contributed by atoms with Gasteiger partial charge < -0.3 is 10.0 Å². The topological polar surface area (TPSA) is 36.4 Å². The number of rotatable bonds is 2. The average Bonchev–Trinajstić information content (AvgIpc) is 2.63. The average molecular weight is 192 g/mol. The molecule has 1 aromatic heterocycles. The summed E-state index contributed by atoms with van der Waals surface area (Å²) >= 11 is 0. The van der Waals surface area contributed by atoms with Crippen LogP contribution in [0, 0.1) is 5.41 Å². The number of nitrogens with zero attached hydrogens (tertiary/aromatic N) is 2. The normalized spacial score (nSPS) is 26.9. The Bertz CT molecular complexity index is 301. The van der Waals surface area contributed by atoms with E-state index in [1.54, 1.807) is 0 Å². The molecule has 0 aromatic carbocycles. The molecule has 2 rings (SSSR count). The first-order chi connectivity index (χ1) is 6.73. The quantitative estimate of drug-likeness (QED) is 0.767. The zero-order chi connectivity index (χ0) is 10.0. The highest BCUT2D eigenvalue weighted by Gasteiger charge is 2.32. The van der Waals surface area contributed by atoms with Gasteiger partial charge in [0.25, 0.3) is 0 Å². The van der Waals surface area contributed by atoms with Crippen LogP contribution in [0.2, 0.25) is 0 Å². The van der Waals surface area contributed by atoms with Crippen molar-refractivity contribution in [1.29, 1.82) is 0 Å². The van der Waals surface area contributed by atoms with Crippen molar-refractivity contribution < 1.29 is 5.11 Å². The molecule has 3 nitrogen and oxygen atoms in total. The highest BCUT2D eigenvalue weighted by molar-refractivity contribution is 5.46. The van der Waals surface area contributed by atoms with Crippen molar-refractivity contribution in [3.63, 3.8) is 0 Å². The molecule has 0 spiro atoms. The van der Waals surface area contributed by atoms with Crippen molar-refractivity contribution in [3.05, 3.63) is 24.5 Å². The minimum absolute atomic E-state index is 0.0727. The van der Waals surface area contributed by atoms with Crippen molar-refractivity contribution in [1.82, 2.24) is 4.98 Å². The zero-order valence-corrected chi connectivity index (χ0v) is 8.48. The summed E-state index contributed by atoms with van der Waals surface area (Å²) in [5.41, 5.74) is 1.28. The molecule has 0 radical (unpaired) electrons. The smallest absolute Gasteiger partial charge is 0.0502 e. The Morgan fingerprint density at radius 1 is 1.50 bits per heavy atom. The van der Waals surface area contributed by atoms with E-state index in [1.165, 1.54) is 5.69 Å². The molecular formula is C11H16N2O. The summed E-state index contributed by atoms with van der Waals surface area (Å²) in [6.07, 6.45) is 4.68. The van der Waals surface area contributed by atoms with Crippen molar-refractivity contribution in [2.75, 3.05) is 24.6 Å². The fraction of sp³-hybridized carbons (Fsp3) is 0.545. The Kier molecular flexibility index (Phi) is 2.42. The predicted octanol–water partition coefficient (Wildman–Crippen LogP) is 1.29. The Morgan fingerprint density at radius 2 is 2.21 bits per heavy atom. The van der Waals surface area contributed by atoms with Crippen LogP contribution in [0.3, 0.4) is 0 Å². The van der Waals surface area contributed by atoms with E-state index < -0.39 is 0 Å². The molecule has 0 saturated carbocycles. The van der Waals surface area contributed by atoms with Gasteiger partial charge in [-0.2, -0.15) is 0 Å². The third-order valence-corrected chi connectivity index (χ3v) is 2.97. The Hall–Kier alpha value is -1.09. The second-order valence-electron chi connectivity index (χ2n) is 4.35. The summed E-state index contributed by atoms with van der Waals surface area (Å²) < 4.78 is 0. The maximum Gasteiger partial charge on any atom is 0.0502 e. The highest BCUT2D eigenvalue weighted by atomic mass is 16.3. The maximum absolute atomic E-state index is 9.25. The number of hydrogen-bond acceptors (Lipinski definition) is 3. The second-order valence-corrected chi connectivity index (χ2v) is 4.35. The first-order valence-electron chi connectivity index (χ1n) is 4.99. The summed E-state index contributed by atoms with van der Waals surface area (Å²) in [5, 5.41) is 9.25. The standard InChI is InChI=1S/C11H16N2O/c1-11(9-14)4-7-13(8-11)10-2-5-12-6-3-10/h2-3,5-6,14H,4,7-9H2,1H3. The molecule has 1 N–H and O–H groups in total. The first kappa shape index (κ1) is 9.46. The van der Waals surface area contributed by atoms with Gasteiger partial charge in [0.1, 0.15) is 0 Å². The molecule has 1 unspecified atom stereocenters. The molecule has 0 bridgehead atoms. The monoisotopic (exact) mass is 192 g/mol. The third-order valence-electron chi connectivity index (χ3n) is 2.97. The van der Waals surface area contributed by atoms with E-state index in [-0.39, 0.29) is 12.0 Å². The summed E-state index contributed by atoms with van der Waals surface area (Å²) in [7, 11) is 0. The highest BCUT2D eigenvalue weighted by Crippen LogP contribution is 2.32. The maximum atomic E-state index is 9.25. The van der Waals surface area contributed by atoms with Gasteiger partial charge in [-0.3, -0.25) is 4.98 Å². The summed E-state index contributed by atoms with van der Waals surface area (Å²) in [6, 6.07) is 4.03. The largest absolute Gasteiger partial charge is 0.396 e. The van der Waals surface area contributed by atoms with Crippen LogP contribution in [0.5, 0.6) is 0 Å². The lowest BCUT2D eigenvalue weighted by atomic mass is 9.91. The molecule has 1 fully saturated rings. The second kappa shape index (κ2) is 3.58. The lowest BCUT2D eigenvalue weighted by molar-refractivity contribution is 0.162. The van der Waals surface area contributed by atoms with E-state index >= 15 is 0 Å². The number of aromatic nitrogens is 1. The summed E-state index contributed by atoms with van der Waals surface area (Å²) in [6.45, 7) is 4.37. The minimum atomic E-state index is 0.0727. The van der Waals surface area contributed by atoms with Gasteiger partial charge in [0, 0.05) is 36.6 Å². The number of aliphatic hydroxyl groups is 1. The van der Waals surface area contributed by atoms with Crippen LogP contribution in [-0.2, 0) is 0 Å². The van der Waals surface area contributed by atoms with Gasteiger partial charge in [0.05, 0.1) is 6.61 Å².